The Morgan fingerprint density at radius 3 is 2.53 bits per heavy atom. The summed E-state index contributed by atoms with van der Waals surface area (Å²) < 4.78 is 14.3. The molecule has 2 atom stereocenters. The summed E-state index contributed by atoms with van der Waals surface area (Å²) in [6, 6.07) is -1.17. The Hall–Kier alpha value is -1.63. The quantitative estimate of drug-likeness (QED) is 0.619. The lowest BCUT2D eigenvalue weighted by molar-refractivity contribution is -0.154. The Balaban J connectivity index is 2.86. The Morgan fingerprint density at radius 1 is 1.32 bits per heavy atom. The van der Waals surface area contributed by atoms with Crippen molar-refractivity contribution in [3.8, 4) is 0 Å². The van der Waals surface area contributed by atoms with E-state index < -0.39 is 24.0 Å². The van der Waals surface area contributed by atoms with E-state index in [1.165, 1.54) is 26.2 Å². The molecule has 0 N–H and O–H groups in total. The van der Waals surface area contributed by atoms with E-state index in [2.05, 4.69) is 9.47 Å². The molecule has 1 heterocycles. The molecule has 7 heteroatoms. The number of carbonyl (C=O) groups is 3. The summed E-state index contributed by atoms with van der Waals surface area (Å²) in [7, 11) is 4.02. The van der Waals surface area contributed by atoms with Gasteiger partial charge in [0, 0.05) is 13.5 Å². The number of ether oxygens (including phenoxy) is 3. The van der Waals surface area contributed by atoms with E-state index >= 15 is 0 Å². The average Bonchev–Trinajstić information content (AvgIpc) is 2.79. The molecule has 1 fully saturated rings. The van der Waals surface area contributed by atoms with Gasteiger partial charge in [-0.25, -0.2) is 4.79 Å². The molecule has 2 unspecified atom stereocenters. The van der Waals surface area contributed by atoms with Crippen molar-refractivity contribution in [3.63, 3.8) is 0 Å². The molecule has 19 heavy (non-hydrogen) atoms. The lowest BCUT2D eigenvalue weighted by atomic mass is 10.1. The Bertz CT molecular complexity index is 356. The average molecular weight is 273 g/mol. The van der Waals surface area contributed by atoms with Crippen LogP contribution >= 0.6 is 0 Å². The van der Waals surface area contributed by atoms with Gasteiger partial charge in [-0.3, -0.25) is 9.59 Å². The molecule has 1 aliphatic rings. The zero-order valence-corrected chi connectivity index (χ0v) is 11.4. The fraction of sp³-hybridized carbons (Fsp3) is 0.750. The molecule has 0 aliphatic carbocycles. The van der Waals surface area contributed by atoms with Crippen molar-refractivity contribution in [3.05, 3.63) is 0 Å². The predicted molar refractivity (Wildman–Crippen MR) is 64.2 cm³/mol. The van der Waals surface area contributed by atoms with Gasteiger partial charge >= 0.3 is 11.9 Å². The smallest absolute Gasteiger partial charge is 0.328 e. The third-order valence-corrected chi connectivity index (χ3v) is 3.11. The third kappa shape index (κ3) is 3.66. The maximum atomic E-state index is 11.9. The fourth-order valence-corrected chi connectivity index (χ4v) is 2.23. The van der Waals surface area contributed by atoms with Gasteiger partial charge in [-0.1, -0.05) is 0 Å². The van der Waals surface area contributed by atoms with Crippen LogP contribution in [0.3, 0.4) is 0 Å². The second-order valence-electron chi connectivity index (χ2n) is 4.27. The molecule has 1 amide bonds. The minimum atomic E-state index is -0.651. The van der Waals surface area contributed by atoms with Gasteiger partial charge in [0.05, 0.1) is 33.3 Å². The molecule has 0 bridgehead atoms. The number of likely N-dealkylation sites (tertiary alicyclic amines) is 1. The predicted octanol–water partition coefficient (Wildman–Crippen LogP) is -0.271. The van der Waals surface area contributed by atoms with Gasteiger partial charge in [0.2, 0.25) is 5.91 Å². The lowest BCUT2D eigenvalue weighted by Gasteiger charge is -2.30. The molecule has 0 aromatic heterocycles. The van der Waals surface area contributed by atoms with E-state index in [0.717, 1.165) is 0 Å². The summed E-state index contributed by atoms with van der Waals surface area (Å²) in [6.07, 6.45) is 0.650. The van der Waals surface area contributed by atoms with Crippen molar-refractivity contribution >= 4 is 17.8 Å². The number of carbonyl (C=O) groups excluding carboxylic acids is 3. The number of esters is 2. The number of nitrogens with zero attached hydrogens (tertiary/aromatic N) is 1. The van der Waals surface area contributed by atoms with Crippen molar-refractivity contribution in [2.24, 2.45) is 0 Å². The molecule has 0 radical (unpaired) electrons. The summed E-state index contributed by atoms with van der Waals surface area (Å²) in [4.78, 5) is 36.3. The second-order valence-corrected chi connectivity index (χ2v) is 4.27. The molecule has 0 spiro atoms. The molecule has 0 aromatic carbocycles. The van der Waals surface area contributed by atoms with Crippen LogP contribution in [0.15, 0.2) is 0 Å². The molecule has 0 saturated carbocycles. The number of hydrogen-bond acceptors (Lipinski definition) is 6. The maximum Gasteiger partial charge on any atom is 0.328 e. The normalized spacial score (nSPS) is 20.3. The van der Waals surface area contributed by atoms with E-state index in [4.69, 9.17) is 4.74 Å². The van der Waals surface area contributed by atoms with Crippen LogP contribution in [0, 0.1) is 0 Å². The molecule has 1 aliphatic heterocycles. The molecule has 1 saturated heterocycles. The van der Waals surface area contributed by atoms with E-state index in [1.807, 2.05) is 0 Å². The zero-order chi connectivity index (χ0) is 14.4. The summed E-state index contributed by atoms with van der Waals surface area (Å²) in [5.41, 5.74) is 0. The summed E-state index contributed by atoms with van der Waals surface area (Å²) in [6.45, 7) is 0.161. The van der Waals surface area contributed by atoms with Crippen molar-refractivity contribution in [2.45, 2.75) is 31.3 Å². The third-order valence-electron chi connectivity index (χ3n) is 3.11. The molecular weight excluding hydrogens is 254 g/mol. The van der Waals surface area contributed by atoms with Crippen LogP contribution < -0.4 is 0 Å². The first-order valence-electron chi connectivity index (χ1n) is 5.99. The molecule has 0 aromatic rings. The SMILES string of the molecule is COCC(CC(=O)OC)N1C(=O)CCC1C(=O)OC. The first-order valence-corrected chi connectivity index (χ1v) is 5.99. The summed E-state index contributed by atoms with van der Waals surface area (Å²) in [5.74, 6) is -1.11. The number of amides is 1. The molecule has 7 nitrogen and oxygen atoms in total. The first-order chi connectivity index (χ1) is 9.04. The van der Waals surface area contributed by atoms with Crippen molar-refractivity contribution in [1.29, 1.82) is 0 Å². The van der Waals surface area contributed by atoms with Gasteiger partial charge in [0.1, 0.15) is 6.04 Å². The van der Waals surface area contributed by atoms with Gasteiger partial charge in [-0.15, -0.1) is 0 Å². The minimum absolute atomic E-state index is 0.0103. The van der Waals surface area contributed by atoms with E-state index in [9.17, 15) is 14.4 Å². The van der Waals surface area contributed by atoms with Crippen LogP contribution in [0.4, 0.5) is 0 Å². The second kappa shape index (κ2) is 7.08. The Labute approximate surface area is 111 Å². The Kier molecular flexibility index (Phi) is 5.75. The lowest BCUT2D eigenvalue weighted by Crippen LogP contribution is -2.48. The van der Waals surface area contributed by atoms with Crippen LogP contribution in [-0.2, 0) is 28.6 Å². The van der Waals surface area contributed by atoms with E-state index in [1.54, 1.807) is 0 Å². The number of rotatable bonds is 6. The highest BCUT2D eigenvalue weighted by Crippen LogP contribution is 2.24. The van der Waals surface area contributed by atoms with Crippen LogP contribution in [0.1, 0.15) is 19.3 Å². The van der Waals surface area contributed by atoms with Gasteiger partial charge < -0.3 is 19.1 Å². The Morgan fingerprint density at radius 2 is 2.00 bits per heavy atom. The van der Waals surface area contributed by atoms with Crippen LogP contribution in [0.25, 0.3) is 0 Å². The molecular formula is C12H19NO6. The van der Waals surface area contributed by atoms with Crippen LogP contribution in [0.5, 0.6) is 0 Å². The largest absolute Gasteiger partial charge is 0.469 e. The van der Waals surface area contributed by atoms with Crippen molar-refractivity contribution in [2.75, 3.05) is 27.9 Å². The highest BCUT2D eigenvalue weighted by Gasteiger charge is 2.41. The molecule has 108 valence electrons. The number of methoxy groups -OCH3 is 3. The van der Waals surface area contributed by atoms with Gasteiger partial charge in [-0.05, 0) is 6.42 Å². The fourth-order valence-electron chi connectivity index (χ4n) is 2.23. The minimum Gasteiger partial charge on any atom is -0.469 e. The van der Waals surface area contributed by atoms with Gasteiger partial charge in [0.15, 0.2) is 0 Å². The van der Waals surface area contributed by atoms with Gasteiger partial charge in [-0.2, -0.15) is 0 Å². The van der Waals surface area contributed by atoms with E-state index in [-0.39, 0.29) is 25.4 Å². The summed E-state index contributed by atoms with van der Waals surface area (Å²) >= 11 is 0. The zero-order valence-electron chi connectivity index (χ0n) is 11.4. The number of hydrogen-bond donors (Lipinski definition) is 0. The molecule has 1 rings (SSSR count). The van der Waals surface area contributed by atoms with Crippen LogP contribution in [0.2, 0.25) is 0 Å². The highest BCUT2D eigenvalue weighted by molar-refractivity contribution is 5.88. The topological polar surface area (TPSA) is 82.1 Å². The van der Waals surface area contributed by atoms with Gasteiger partial charge in [0.25, 0.3) is 0 Å². The standard InChI is InChI=1S/C12H19NO6/c1-17-7-8(6-11(15)18-2)13-9(12(16)19-3)4-5-10(13)14/h8-9H,4-7H2,1-3H3. The monoisotopic (exact) mass is 273 g/mol. The van der Waals surface area contributed by atoms with E-state index in [0.29, 0.717) is 6.42 Å². The maximum absolute atomic E-state index is 11.9. The van der Waals surface area contributed by atoms with Crippen molar-refractivity contribution in [1.82, 2.24) is 4.90 Å². The highest BCUT2D eigenvalue weighted by atomic mass is 16.5. The summed E-state index contributed by atoms with van der Waals surface area (Å²) in [5, 5.41) is 0. The van der Waals surface area contributed by atoms with Crippen LogP contribution in [-0.4, -0.2) is 62.8 Å². The first kappa shape index (κ1) is 15.4. The van der Waals surface area contributed by atoms with Crippen molar-refractivity contribution < 1.29 is 28.6 Å².